The number of hydrogen-bond donors (Lipinski definition) is 3. The van der Waals surface area contributed by atoms with Crippen LogP contribution in [0.25, 0.3) is 0 Å². The second kappa shape index (κ2) is 10.6. The molecular weight excluding hydrogens is 394 g/mol. The van der Waals surface area contributed by atoms with Gasteiger partial charge in [-0.15, -0.1) is 0 Å². The van der Waals surface area contributed by atoms with E-state index < -0.39 is 29.4 Å². The Morgan fingerprint density at radius 1 is 1.29 bits per heavy atom. The van der Waals surface area contributed by atoms with E-state index >= 15 is 0 Å². The molecule has 0 radical (unpaired) electrons. The maximum Gasteiger partial charge on any atom is 0.306 e. The van der Waals surface area contributed by atoms with Gasteiger partial charge in [0.15, 0.2) is 0 Å². The molecule has 31 heavy (non-hydrogen) atoms. The van der Waals surface area contributed by atoms with Crippen LogP contribution in [0.2, 0.25) is 0 Å². The second-order valence-electron chi connectivity index (χ2n) is 10.2. The predicted octanol–water partition coefficient (Wildman–Crippen LogP) is 2.36. The highest BCUT2D eigenvalue weighted by Crippen LogP contribution is 2.34. The van der Waals surface area contributed by atoms with E-state index in [9.17, 15) is 14.7 Å². The Morgan fingerprint density at radius 2 is 1.94 bits per heavy atom. The van der Waals surface area contributed by atoms with Gasteiger partial charge in [-0.25, -0.2) is 0 Å². The first-order chi connectivity index (χ1) is 14.4. The SMILES string of the molecule is C[C@H](C[C@H](O)[C@@H](N)CC(C)(C)CC(=O)N1C[C@@H](CN(C)C)Cc2ccccc21)C(=O)O. The van der Waals surface area contributed by atoms with Gasteiger partial charge in [0.2, 0.25) is 5.91 Å². The van der Waals surface area contributed by atoms with Crippen LogP contribution in [0.5, 0.6) is 0 Å². The van der Waals surface area contributed by atoms with Crippen molar-refractivity contribution < 1.29 is 19.8 Å². The first-order valence-electron chi connectivity index (χ1n) is 11.1. The molecule has 1 aliphatic rings. The zero-order chi connectivity index (χ0) is 23.3. The van der Waals surface area contributed by atoms with Crippen molar-refractivity contribution in [3.05, 3.63) is 29.8 Å². The third kappa shape index (κ3) is 7.30. The summed E-state index contributed by atoms with van der Waals surface area (Å²) in [7, 11) is 4.10. The fraction of sp³-hybridized carbons (Fsp3) is 0.667. The molecule has 174 valence electrons. The first kappa shape index (κ1) is 25.3. The van der Waals surface area contributed by atoms with Crippen molar-refractivity contribution in [1.82, 2.24) is 4.90 Å². The van der Waals surface area contributed by atoms with Gasteiger partial charge in [0.25, 0.3) is 0 Å². The monoisotopic (exact) mass is 433 g/mol. The Balaban J connectivity index is 2.07. The Hall–Kier alpha value is -1.96. The van der Waals surface area contributed by atoms with Gasteiger partial charge in [0.1, 0.15) is 0 Å². The lowest BCUT2D eigenvalue weighted by atomic mass is 9.79. The lowest BCUT2D eigenvalue weighted by Gasteiger charge is -2.38. The Morgan fingerprint density at radius 3 is 2.55 bits per heavy atom. The number of aliphatic carboxylic acids is 1. The average Bonchev–Trinajstić information content (AvgIpc) is 2.65. The fourth-order valence-corrected chi connectivity index (χ4v) is 4.54. The highest BCUT2D eigenvalue weighted by atomic mass is 16.4. The quantitative estimate of drug-likeness (QED) is 0.523. The van der Waals surface area contributed by atoms with Gasteiger partial charge in [-0.1, -0.05) is 39.0 Å². The van der Waals surface area contributed by atoms with E-state index in [2.05, 4.69) is 11.0 Å². The molecule has 7 heteroatoms. The molecule has 0 unspecified atom stereocenters. The average molecular weight is 434 g/mol. The van der Waals surface area contributed by atoms with Gasteiger partial charge in [0.05, 0.1) is 12.0 Å². The van der Waals surface area contributed by atoms with Crippen LogP contribution in [-0.4, -0.2) is 66.3 Å². The van der Waals surface area contributed by atoms with Crippen molar-refractivity contribution in [2.45, 2.75) is 58.6 Å². The van der Waals surface area contributed by atoms with Crippen LogP contribution in [0.15, 0.2) is 24.3 Å². The number of fused-ring (bicyclic) bond motifs is 1. The number of carboxylic acids is 1. The predicted molar refractivity (Wildman–Crippen MR) is 123 cm³/mol. The molecule has 4 N–H and O–H groups in total. The highest BCUT2D eigenvalue weighted by Gasteiger charge is 2.34. The van der Waals surface area contributed by atoms with Gasteiger partial charge < -0.3 is 25.7 Å². The van der Waals surface area contributed by atoms with E-state index in [1.807, 2.05) is 51.0 Å². The molecule has 0 saturated carbocycles. The van der Waals surface area contributed by atoms with E-state index in [1.165, 1.54) is 5.56 Å². The lowest BCUT2D eigenvalue weighted by molar-refractivity contribution is -0.142. The summed E-state index contributed by atoms with van der Waals surface area (Å²) in [5, 5.41) is 19.4. The number of anilines is 1. The molecule has 1 amide bonds. The third-order valence-corrected chi connectivity index (χ3v) is 6.09. The minimum atomic E-state index is -0.947. The number of carbonyl (C=O) groups excluding carboxylic acids is 1. The van der Waals surface area contributed by atoms with Crippen LogP contribution < -0.4 is 10.6 Å². The van der Waals surface area contributed by atoms with E-state index in [-0.39, 0.29) is 12.3 Å². The lowest BCUT2D eigenvalue weighted by Crippen LogP contribution is -2.45. The molecule has 2 rings (SSSR count). The van der Waals surface area contributed by atoms with Gasteiger partial charge in [-0.05, 0) is 56.3 Å². The number of nitrogens with two attached hydrogens (primary N) is 1. The Bertz CT molecular complexity index is 765. The van der Waals surface area contributed by atoms with Crippen LogP contribution >= 0.6 is 0 Å². The molecule has 0 aromatic heterocycles. The number of amides is 1. The summed E-state index contributed by atoms with van der Waals surface area (Å²) in [4.78, 5) is 28.5. The maximum atomic E-state index is 13.4. The standard InChI is InChI=1S/C24H39N3O4/c1-16(23(30)31)10-21(28)19(25)12-24(2,3)13-22(29)27-15-17(14-26(4)5)11-18-8-6-7-9-20(18)27/h6-9,16-17,19,21,28H,10-15,25H2,1-5H3,(H,30,31)/t16-,17-,19+,21+/m1/s1. The fourth-order valence-electron chi connectivity index (χ4n) is 4.54. The number of para-hydroxylation sites is 1. The highest BCUT2D eigenvalue weighted by molar-refractivity contribution is 5.95. The number of carbonyl (C=O) groups is 2. The maximum absolute atomic E-state index is 13.4. The molecule has 0 bridgehead atoms. The van der Waals surface area contributed by atoms with Gasteiger partial charge >= 0.3 is 5.97 Å². The number of aliphatic hydroxyl groups excluding tert-OH is 1. The number of benzene rings is 1. The topological polar surface area (TPSA) is 107 Å². The molecule has 0 aliphatic carbocycles. The molecule has 0 fully saturated rings. The number of aliphatic hydroxyl groups is 1. The van der Waals surface area contributed by atoms with Crippen molar-refractivity contribution in [2.24, 2.45) is 23.0 Å². The molecule has 1 heterocycles. The zero-order valence-corrected chi connectivity index (χ0v) is 19.5. The van der Waals surface area contributed by atoms with Crippen LogP contribution in [0.3, 0.4) is 0 Å². The molecule has 7 nitrogen and oxygen atoms in total. The van der Waals surface area contributed by atoms with E-state index in [0.717, 1.165) is 18.7 Å². The summed E-state index contributed by atoms with van der Waals surface area (Å²) in [6.07, 6.45) is 0.890. The van der Waals surface area contributed by atoms with E-state index in [4.69, 9.17) is 10.8 Å². The summed E-state index contributed by atoms with van der Waals surface area (Å²) in [5.74, 6) is -1.18. The first-order valence-corrected chi connectivity index (χ1v) is 11.1. The van der Waals surface area contributed by atoms with Crippen molar-refractivity contribution in [3.63, 3.8) is 0 Å². The van der Waals surface area contributed by atoms with Gasteiger partial charge in [-0.2, -0.15) is 0 Å². The number of rotatable bonds is 10. The van der Waals surface area contributed by atoms with E-state index in [0.29, 0.717) is 25.3 Å². The normalized spacial score (nSPS) is 19.6. The third-order valence-electron chi connectivity index (χ3n) is 6.09. The van der Waals surface area contributed by atoms with Crippen molar-refractivity contribution in [3.8, 4) is 0 Å². The minimum absolute atomic E-state index is 0.0569. The molecule has 0 spiro atoms. The molecule has 1 aromatic carbocycles. The largest absolute Gasteiger partial charge is 0.481 e. The summed E-state index contributed by atoms with van der Waals surface area (Å²) in [6, 6.07) is 7.50. The summed E-state index contributed by atoms with van der Waals surface area (Å²) >= 11 is 0. The van der Waals surface area contributed by atoms with Crippen LogP contribution in [0.4, 0.5) is 5.69 Å². The van der Waals surface area contributed by atoms with Crippen LogP contribution in [0.1, 0.15) is 45.6 Å². The second-order valence-corrected chi connectivity index (χ2v) is 10.2. The van der Waals surface area contributed by atoms with Gasteiger partial charge in [-0.3, -0.25) is 9.59 Å². The smallest absolute Gasteiger partial charge is 0.306 e. The van der Waals surface area contributed by atoms with Crippen molar-refractivity contribution in [2.75, 3.05) is 32.1 Å². The molecular formula is C24H39N3O4. The molecule has 1 aliphatic heterocycles. The Labute approximate surface area is 186 Å². The number of nitrogens with zero attached hydrogens (tertiary/aromatic N) is 2. The van der Waals surface area contributed by atoms with E-state index in [1.54, 1.807) is 6.92 Å². The number of hydrogen-bond acceptors (Lipinski definition) is 5. The minimum Gasteiger partial charge on any atom is -0.481 e. The molecule has 0 saturated heterocycles. The molecule has 4 atom stereocenters. The van der Waals surface area contributed by atoms with Crippen LogP contribution in [0, 0.1) is 17.3 Å². The van der Waals surface area contributed by atoms with Crippen molar-refractivity contribution in [1.29, 1.82) is 0 Å². The summed E-state index contributed by atoms with van der Waals surface area (Å²) < 4.78 is 0. The molecule has 1 aromatic rings. The zero-order valence-electron chi connectivity index (χ0n) is 19.5. The van der Waals surface area contributed by atoms with Gasteiger partial charge in [0, 0.05) is 31.2 Å². The van der Waals surface area contributed by atoms with Crippen molar-refractivity contribution >= 4 is 17.6 Å². The Kier molecular flexibility index (Phi) is 8.63. The van der Waals surface area contributed by atoms with Crippen LogP contribution in [-0.2, 0) is 16.0 Å². The summed E-state index contributed by atoms with van der Waals surface area (Å²) in [5.41, 5.74) is 7.94. The number of carboxylic acid groups (broad SMARTS) is 1. The summed E-state index contributed by atoms with van der Waals surface area (Å²) in [6.45, 7) is 7.12.